The van der Waals surface area contributed by atoms with Gasteiger partial charge in [-0.2, -0.15) is 0 Å². The zero-order valence-electron chi connectivity index (χ0n) is 9.69. The third-order valence-corrected chi connectivity index (χ3v) is 3.85. The van der Waals surface area contributed by atoms with Crippen LogP contribution in [0.5, 0.6) is 0 Å². The van der Waals surface area contributed by atoms with Crippen molar-refractivity contribution in [3.05, 3.63) is 38.3 Å². The SMILES string of the molecule is O=C1NCCCC1Cc1ccc([N+](=O)[O-])cc1Br. The number of hydrogen-bond acceptors (Lipinski definition) is 3. The van der Waals surface area contributed by atoms with Crippen LogP contribution in [-0.2, 0) is 11.2 Å². The molecule has 1 unspecified atom stereocenters. The lowest BCUT2D eigenvalue weighted by molar-refractivity contribution is -0.384. The summed E-state index contributed by atoms with van der Waals surface area (Å²) in [6, 6.07) is 4.67. The maximum absolute atomic E-state index is 11.7. The lowest BCUT2D eigenvalue weighted by atomic mass is 9.91. The number of nitro groups is 1. The normalized spacial score (nSPS) is 19.4. The average Bonchev–Trinajstić information content (AvgIpc) is 2.34. The minimum absolute atomic E-state index is 0.0310. The van der Waals surface area contributed by atoms with Gasteiger partial charge in [0.2, 0.25) is 5.91 Å². The van der Waals surface area contributed by atoms with Gasteiger partial charge in [0.25, 0.3) is 5.69 Å². The fourth-order valence-electron chi connectivity index (χ4n) is 2.11. The molecule has 1 aliphatic rings. The van der Waals surface area contributed by atoms with Crippen molar-refractivity contribution in [2.24, 2.45) is 5.92 Å². The molecule has 0 spiro atoms. The molecule has 0 aromatic heterocycles. The van der Waals surface area contributed by atoms with Crippen molar-refractivity contribution >= 4 is 27.5 Å². The van der Waals surface area contributed by atoms with E-state index in [1.54, 1.807) is 6.07 Å². The van der Waals surface area contributed by atoms with Gasteiger partial charge in [-0.25, -0.2) is 0 Å². The predicted molar refractivity (Wildman–Crippen MR) is 70.2 cm³/mol. The number of piperidine rings is 1. The molecule has 1 N–H and O–H groups in total. The number of amides is 1. The summed E-state index contributed by atoms with van der Waals surface area (Å²) in [5, 5.41) is 13.5. The molecule has 1 amide bonds. The van der Waals surface area contributed by atoms with Crippen molar-refractivity contribution in [2.75, 3.05) is 6.54 Å². The molecule has 1 aromatic rings. The van der Waals surface area contributed by atoms with Gasteiger partial charge in [-0.05, 0) is 24.8 Å². The summed E-state index contributed by atoms with van der Waals surface area (Å²) in [7, 11) is 0. The molecule has 0 aliphatic carbocycles. The second-order valence-corrected chi connectivity index (χ2v) is 5.22. The smallest absolute Gasteiger partial charge is 0.270 e. The van der Waals surface area contributed by atoms with Crippen molar-refractivity contribution in [1.82, 2.24) is 5.32 Å². The van der Waals surface area contributed by atoms with Gasteiger partial charge in [0.15, 0.2) is 0 Å². The van der Waals surface area contributed by atoms with Gasteiger partial charge in [0, 0.05) is 29.1 Å². The third-order valence-electron chi connectivity index (χ3n) is 3.11. The fraction of sp³-hybridized carbons (Fsp3) is 0.417. The van der Waals surface area contributed by atoms with E-state index in [0.717, 1.165) is 24.9 Å². The monoisotopic (exact) mass is 312 g/mol. The van der Waals surface area contributed by atoms with Crippen LogP contribution < -0.4 is 5.32 Å². The van der Waals surface area contributed by atoms with E-state index in [4.69, 9.17) is 0 Å². The van der Waals surface area contributed by atoms with Gasteiger partial charge in [-0.1, -0.05) is 22.0 Å². The van der Waals surface area contributed by atoms with Crippen LogP contribution in [0, 0.1) is 16.0 Å². The van der Waals surface area contributed by atoms with Crippen molar-refractivity contribution in [3.63, 3.8) is 0 Å². The minimum atomic E-state index is -0.429. The van der Waals surface area contributed by atoms with Crippen LogP contribution in [0.15, 0.2) is 22.7 Å². The molecule has 1 aliphatic heterocycles. The predicted octanol–water partition coefficient (Wildman–Crippen LogP) is 2.43. The van der Waals surface area contributed by atoms with Gasteiger partial charge < -0.3 is 5.32 Å². The summed E-state index contributed by atoms with van der Waals surface area (Å²) in [4.78, 5) is 21.8. The van der Waals surface area contributed by atoms with Gasteiger partial charge >= 0.3 is 0 Å². The Balaban J connectivity index is 2.14. The van der Waals surface area contributed by atoms with Gasteiger partial charge in [0.05, 0.1) is 4.92 Å². The number of nitro benzene ring substituents is 1. The van der Waals surface area contributed by atoms with Crippen LogP contribution in [0.2, 0.25) is 0 Å². The number of nitrogens with one attached hydrogen (secondary N) is 1. The van der Waals surface area contributed by atoms with Crippen LogP contribution >= 0.6 is 15.9 Å². The Labute approximate surface area is 113 Å². The fourth-order valence-corrected chi connectivity index (χ4v) is 2.64. The molecule has 1 fully saturated rings. The number of hydrogen-bond donors (Lipinski definition) is 1. The largest absolute Gasteiger partial charge is 0.356 e. The molecule has 0 radical (unpaired) electrons. The molecule has 1 aromatic carbocycles. The first-order valence-electron chi connectivity index (χ1n) is 5.78. The Morgan fingerprint density at radius 3 is 2.89 bits per heavy atom. The quantitative estimate of drug-likeness (QED) is 0.688. The topological polar surface area (TPSA) is 72.2 Å². The number of non-ortho nitro benzene ring substituents is 1. The average molecular weight is 313 g/mol. The van der Waals surface area contributed by atoms with E-state index in [2.05, 4.69) is 21.2 Å². The highest BCUT2D eigenvalue weighted by Crippen LogP contribution is 2.27. The van der Waals surface area contributed by atoms with Gasteiger partial charge in [0.1, 0.15) is 0 Å². The molecule has 18 heavy (non-hydrogen) atoms. The lowest BCUT2D eigenvalue weighted by Crippen LogP contribution is -2.37. The van der Waals surface area contributed by atoms with Crippen molar-refractivity contribution in [2.45, 2.75) is 19.3 Å². The maximum atomic E-state index is 11.7. The first-order chi connectivity index (χ1) is 8.58. The highest BCUT2D eigenvalue weighted by atomic mass is 79.9. The molecular weight excluding hydrogens is 300 g/mol. The summed E-state index contributed by atoms with van der Waals surface area (Å²) < 4.78 is 0.690. The Morgan fingerprint density at radius 2 is 2.28 bits per heavy atom. The van der Waals surface area contributed by atoms with E-state index in [9.17, 15) is 14.9 Å². The highest BCUT2D eigenvalue weighted by Gasteiger charge is 2.23. The van der Waals surface area contributed by atoms with Crippen LogP contribution in [0.4, 0.5) is 5.69 Å². The van der Waals surface area contributed by atoms with E-state index in [0.29, 0.717) is 10.9 Å². The Bertz CT molecular complexity index is 490. The molecule has 0 saturated carbocycles. The zero-order chi connectivity index (χ0) is 13.1. The summed E-state index contributed by atoms with van der Waals surface area (Å²) >= 11 is 3.33. The molecule has 0 bridgehead atoms. The molecule has 2 rings (SSSR count). The second kappa shape index (κ2) is 5.48. The van der Waals surface area contributed by atoms with Gasteiger partial charge in [-0.15, -0.1) is 0 Å². The number of nitrogens with zero attached hydrogens (tertiary/aromatic N) is 1. The highest BCUT2D eigenvalue weighted by molar-refractivity contribution is 9.10. The number of rotatable bonds is 3. The van der Waals surface area contributed by atoms with E-state index < -0.39 is 4.92 Å². The van der Waals surface area contributed by atoms with Crippen LogP contribution in [0.25, 0.3) is 0 Å². The van der Waals surface area contributed by atoms with Crippen LogP contribution in [-0.4, -0.2) is 17.4 Å². The van der Waals surface area contributed by atoms with E-state index >= 15 is 0 Å². The second-order valence-electron chi connectivity index (χ2n) is 4.37. The number of halogens is 1. The molecular formula is C12H13BrN2O3. The summed E-state index contributed by atoms with van der Waals surface area (Å²) in [6.07, 6.45) is 2.47. The van der Waals surface area contributed by atoms with Crippen molar-refractivity contribution < 1.29 is 9.72 Å². The minimum Gasteiger partial charge on any atom is -0.356 e. The number of carbonyl (C=O) groups excluding carboxylic acids is 1. The van der Waals surface area contributed by atoms with Gasteiger partial charge in [-0.3, -0.25) is 14.9 Å². The standard InChI is InChI=1S/C12H13BrN2O3/c13-11-7-10(15(17)18)4-3-8(11)6-9-2-1-5-14-12(9)16/h3-4,7,9H,1-2,5-6H2,(H,14,16). The van der Waals surface area contributed by atoms with Crippen LogP contribution in [0.1, 0.15) is 18.4 Å². The molecule has 5 nitrogen and oxygen atoms in total. The lowest BCUT2D eigenvalue weighted by Gasteiger charge is -2.22. The van der Waals surface area contributed by atoms with E-state index in [-0.39, 0.29) is 17.5 Å². The third kappa shape index (κ3) is 2.87. The van der Waals surface area contributed by atoms with Crippen LogP contribution in [0.3, 0.4) is 0 Å². The number of carbonyl (C=O) groups is 1. The van der Waals surface area contributed by atoms with E-state index in [1.807, 2.05) is 0 Å². The zero-order valence-corrected chi connectivity index (χ0v) is 11.3. The molecule has 1 heterocycles. The Morgan fingerprint density at radius 1 is 1.50 bits per heavy atom. The van der Waals surface area contributed by atoms with Crippen molar-refractivity contribution in [3.8, 4) is 0 Å². The van der Waals surface area contributed by atoms with E-state index in [1.165, 1.54) is 12.1 Å². The molecule has 1 atom stereocenters. The Kier molecular flexibility index (Phi) is 3.96. The summed E-state index contributed by atoms with van der Waals surface area (Å²) in [5.41, 5.74) is 0.987. The summed E-state index contributed by atoms with van der Waals surface area (Å²) in [5.74, 6) is 0.0445. The molecule has 96 valence electrons. The summed E-state index contributed by atoms with van der Waals surface area (Å²) in [6.45, 7) is 0.747. The first kappa shape index (κ1) is 13.0. The Hall–Kier alpha value is -1.43. The van der Waals surface area contributed by atoms with Crippen molar-refractivity contribution in [1.29, 1.82) is 0 Å². The maximum Gasteiger partial charge on any atom is 0.270 e. The molecule has 1 saturated heterocycles. The molecule has 6 heteroatoms. The number of benzene rings is 1. The first-order valence-corrected chi connectivity index (χ1v) is 6.58.